The highest BCUT2D eigenvalue weighted by atomic mass is 32.1. The van der Waals surface area contributed by atoms with Crippen LogP contribution >= 0.6 is 11.3 Å². The van der Waals surface area contributed by atoms with Crippen LogP contribution in [0.25, 0.3) is 10.2 Å². The van der Waals surface area contributed by atoms with Gasteiger partial charge < -0.3 is 4.74 Å². The molecule has 0 aliphatic heterocycles. The minimum atomic E-state index is -0.382. The van der Waals surface area contributed by atoms with Crippen molar-refractivity contribution in [1.82, 2.24) is 9.66 Å². The molecule has 7 heteroatoms. The van der Waals surface area contributed by atoms with Gasteiger partial charge in [-0.25, -0.2) is 9.66 Å². The number of rotatable bonds is 5. The third-order valence-electron chi connectivity index (χ3n) is 3.50. The first kappa shape index (κ1) is 16.2. The summed E-state index contributed by atoms with van der Waals surface area (Å²) in [4.78, 5) is 30.8. The van der Waals surface area contributed by atoms with E-state index in [9.17, 15) is 9.59 Å². The molecule has 24 heavy (non-hydrogen) atoms. The second-order valence-corrected chi connectivity index (χ2v) is 6.22. The first-order valence-electron chi connectivity index (χ1n) is 7.66. The Hall–Kier alpha value is -2.67. The Morgan fingerprint density at radius 3 is 2.71 bits per heavy atom. The lowest BCUT2D eigenvalue weighted by atomic mass is 10.2. The summed E-state index contributed by atoms with van der Waals surface area (Å²) in [6, 6.07) is 8.56. The zero-order valence-electron chi connectivity index (χ0n) is 13.4. The van der Waals surface area contributed by atoms with Crippen molar-refractivity contribution >= 4 is 27.5 Å². The van der Waals surface area contributed by atoms with Gasteiger partial charge in [0.25, 0.3) is 11.5 Å². The molecule has 3 rings (SSSR count). The van der Waals surface area contributed by atoms with Crippen LogP contribution in [-0.4, -0.2) is 22.2 Å². The molecule has 0 bridgehead atoms. The molecule has 6 nitrogen and oxygen atoms in total. The summed E-state index contributed by atoms with van der Waals surface area (Å²) >= 11 is 1.49. The van der Waals surface area contributed by atoms with E-state index in [4.69, 9.17) is 4.74 Å². The summed E-state index contributed by atoms with van der Waals surface area (Å²) in [6.45, 7) is 4.48. The van der Waals surface area contributed by atoms with Crippen LogP contribution < -0.4 is 15.7 Å². The zero-order valence-corrected chi connectivity index (χ0v) is 14.2. The van der Waals surface area contributed by atoms with Crippen molar-refractivity contribution in [2.75, 3.05) is 12.0 Å². The number of aryl methyl sites for hydroxylation is 1. The Morgan fingerprint density at radius 1 is 1.29 bits per heavy atom. The van der Waals surface area contributed by atoms with Crippen molar-refractivity contribution in [2.45, 2.75) is 20.3 Å². The fraction of sp³-hybridized carbons (Fsp3) is 0.235. The number of aromatic nitrogens is 2. The lowest BCUT2D eigenvalue weighted by Gasteiger charge is -2.08. The average Bonchev–Trinajstić information content (AvgIpc) is 3.02. The third-order valence-corrected chi connectivity index (χ3v) is 4.69. The summed E-state index contributed by atoms with van der Waals surface area (Å²) < 4.78 is 6.46. The monoisotopic (exact) mass is 343 g/mol. The van der Waals surface area contributed by atoms with E-state index in [1.807, 2.05) is 19.9 Å². The Kier molecular flexibility index (Phi) is 4.61. The van der Waals surface area contributed by atoms with Gasteiger partial charge in [-0.05, 0) is 43.7 Å². The van der Waals surface area contributed by atoms with Gasteiger partial charge >= 0.3 is 0 Å². The van der Waals surface area contributed by atoms with Gasteiger partial charge in [0.2, 0.25) is 0 Å². The molecule has 0 saturated carbocycles. The summed E-state index contributed by atoms with van der Waals surface area (Å²) in [6.07, 6.45) is 2.19. The Balaban J connectivity index is 1.84. The Bertz CT molecular complexity index is 928. The maximum Gasteiger partial charge on any atom is 0.280 e. The van der Waals surface area contributed by atoms with E-state index >= 15 is 0 Å². The van der Waals surface area contributed by atoms with Crippen molar-refractivity contribution in [2.24, 2.45) is 0 Å². The number of nitrogens with one attached hydrogen (secondary N) is 1. The number of benzene rings is 1. The molecule has 0 radical (unpaired) electrons. The lowest BCUT2D eigenvalue weighted by molar-refractivity contribution is 0.101. The molecule has 1 amide bonds. The second-order valence-electron chi connectivity index (χ2n) is 5.10. The van der Waals surface area contributed by atoms with Crippen LogP contribution in [0.2, 0.25) is 0 Å². The minimum absolute atomic E-state index is 0.282. The molecule has 124 valence electrons. The van der Waals surface area contributed by atoms with Gasteiger partial charge in [-0.3, -0.25) is 15.0 Å². The predicted octanol–water partition coefficient (Wildman–Crippen LogP) is 2.80. The first-order valence-corrected chi connectivity index (χ1v) is 8.48. The molecule has 0 atom stereocenters. The summed E-state index contributed by atoms with van der Waals surface area (Å²) in [5.41, 5.74) is 2.72. The normalized spacial score (nSPS) is 10.8. The number of carbonyl (C=O) groups excluding carboxylic acids is 1. The quantitative estimate of drug-likeness (QED) is 0.773. The molecule has 0 spiro atoms. The molecule has 0 aliphatic rings. The fourth-order valence-corrected chi connectivity index (χ4v) is 3.20. The summed E-state index contributed by atoms with van der Waals surface area (Å²) in [5.74, 6) is 0.312. The minimum Gasteiger partial charge on any atom is -0.494 e. The lowest BCUT2D eigenvalue weighted by Crippen LogP contribution is -2.32. The SMILES string of the molecule is CCOc1ccc(C(=O)Nn2cnc3sc(CC)cc3c2=O)cc1. The summed E-state index contributed by atoms with van der Waals surface area (Å²) in [5, 5.41) is 0.520. The van der Waals surface area contributed by atoms with E-state index in [-0.39, 0.29) is 11.5 Å². The van der Waals surface area contributed by atoms with Crippen molar-refractivity contribution in [3.63, 3.8) is 0 Å². The molecular weight excluding hydrogens is 326 g/mol. The number of thiophene rings is 1. The molecular formula is C17H17N3O3S. The van der Waals surface area contributed by atoms with Gasteiger partial charge in [0.15, 0.2) is 0 Å². The molecule has 3 aromatic rings. The maximum atomic E-state index is 12.5. The average molecular weight is 343 g/mol. The standard InChI is InChI=1S/C17H17N3O3S/c1-3-13-9-14-16(24-13)18-10-20(17(14)22)19-15(21)11-5-7-12(8-6-11)23-4-2/h5-10H,3-4H2,1-2H3,(H,19,21). The van der Waals surface area contributed by atoms with E-state index in [1.165, 1.54) is 17.7 Å². The molecule has 0 unspecified atom stereocenters. The highest BCUT2D eigenvalue weighted by molar-refractivity contribution is 7.18. The van der Waals surface area contributed by atoms with Gasteiger partial charge in [-0.2, -0.15) is 0 Å². The van der Waals surface area contributed by atoms with Crippen LogP contribution in [0.5, 0.6) is 5.75 Å². The largest absolute Gasteiger partial charge is 0.494 e. The number of hydrogen-bond acceptors (Lipinski definition) is 5. The van der Waals surface area contributed by atoms with Crippen LogP contribution in [0.15, 0.2) is 41.5 Å². The molecule has 2 heterocycles. The molecule has 1 N–H and O–H groups in total. The molecule has 0 saturated heterocycles. The molecule has 0 fully saturated rings. The van der Waals surface area contributed by atoms with Crippen molar-refractivity contribution < 1.29 is 9.53 Å². The number of carbonyl (C=O) groups is 1. The number of ether oxygens (including phenoxy) is 1. The second kappa shape index (κ2) is 6.84. The van der Waals surface area contributed by atoms with Gasteiger partial charge in [0.1, 0.15) is 16.9 Å². The fourth-order valence-electron chi connectivity index (χ4n) is 2.27. The van der Waals surface area contributed by atoms with Crippen LogP contribution in [0.3, 0.4) is 0 Å². The zero-order chi connectivity index (χ0) is 17.1. The molecule has 2 aromatic heterocycles. The highest BCUT2D eigenvalue weighted by Crippen LogP contribution is 2.20. The third kappa shape index (κ3) is 3.16. The Morgan fingerprint density at radius 2 is 2.04 bits per heavy atom. The topological polar surface area (TPSA) is 73.2 Å². The number of fused-ring (bicyclic) bond motifs is 1. The van der Waals surface area contributed by atoms with Crippen molar-refractivity contribution in [3.8, 4) is 5.75 Å². The first-order chi connectivity index (χ1) is 11.6. The molecule has 0 aliphatic carbocycles. The number of amides is 1. The molecule has 1 aromatic carbocycles. The smallest absolute Gasteiger partial charge is 0.280 e. The van der Waals surface area contributed by atoms with Gasteiger partial charge in [-0.15, -0.1) is 11.3 Å². The van der Waals surface area contributed by atoms with Crippen molar-refractivity contribution in [3.05, 3.63) is 57.5 Å². The van der Waals surface area contributed by atoms with Crippen LogP contribution in [0, 0.1) is 0 Å². The van der Waals surface area contributed by atoms with Crippen molar-refractivity contribution in [1.29, 1.82) is 0 Å². The van der Waals surface area contributed by atoms with Gasteiger partial charge in [0, 0.05) is 10.4 Å². The number of nitrogens with zero attached hydrogens (tertiary/aromatic N) is 2. The predicted molar refractivity (Wildman–Crippen MR) is 94.6 cm³/mol. The van der Waals surface area contributed by atoms with E-state index in [2.05, 4.69) is 10.4 Å². The van der Waals surface area contributed by atoms with Crippen LogP contribution in [0.4, 0.5) is 0 Å². The van der Waals surface area contributed by atoms with Gasteiger partial charge in [0.05, 0.1) is 12.0 Å². The summed E-state index contributed by atoms with van der Waals surface area (Å²) in [7, 11) is 0. The van der Waals surface area contributed by atoms with E-state index in [0.29, 0.717) is 28.1 Å². The number of hydrogen-bond donors (Lipinski definition) is 1. The van der Waals surface area contributed by atoms with Gasteiger partial charge in [-0.1, -0.05) is 6.92 Å². The van der Waals surface area contributed by atoms with Crippen LogP contribution in [0.1, 0.15) is 29.1 Å². The van der Waals surface area contributed by atoms with E-state index in [1.54, 1.807) is 24.3 Å². The highest BCUT2D eigenvalue weighted by Gasteiger charge is 2.11. The Labute approximate surface area is 142 Å². The van der Waals surface area contributed by atoms with E-state index < -0.39 is 0 Å². The maximum absolute atomic E-state index is 12.5. The van der Waals surface area contributed by atoms with E-state index in [0.717, 1.165) is 16.0 Å². The van der Waals surface area contributed by atoms with Crippen LogP contribution in [-0.2, 0) is 6.42 Å².